The SMILES string of the molecule is CC(CN)c1noc(C2CCCCS2(=O)=O)n1. The largest absolute Gasteiger partial charge is 0.338 e. The Bertz CT molecular complexity index is 483. The van der Waals surface area contributed by atoms with E-state index in [1.807, 2.05) is 6.92 Å². The fraction of sp³-hybridized carbons (Fsp3) is 0.800. The van der Waals surface area contributed by atoms with Crippen molar-refractivity contribution in [1.29, 1.82) is 0 Å². The lowest BCUT2D eigenvalue weighted by molar-refractivity contribution is 0.357. The molecule has 0 bridgehead atoms. The Labute approximate surface area is 100 Å². The highest BCUT2D eigenvalue weighted by Crippen LogP contribution is 2.32. The Morgan fingerprint density at radius 2 is 2.29 bits per heavy atom. The van der Waals surface area contributed by atoms with Gasteiger partial charge in [-0.2, -0.15) is 4.98 Å². The number of hydrogen-bond acceptors (Lipinski definition) is 6. The molecule has 2 rings (SSSR count). The molecule has 17 heavy (non-hydrogen) atoms. The van der Waals surface area contributed by atoms with Gasteiger partial charge in [0.1, 0.15) is 5.25 Å². The van der Waals surface area contributed by atoms with Crippen LogP contribution in [0.3, 0.4) is 0 Å². The molecule has 0 aliphatic carbocycles. The zero-order valence-corrected chi connectivity index (χ0v) is 10.6. The van der Waals surface area contributed by atoms with Gasteiger partial charge in [0.25, 0.3) is 0 Å². The molecule has 2 N–H and O–H groups in total. The summed E-state index contributed by atoms with van der Waals surface area (Å²) in [6.07, 6.45) is 2.17. The molecule has 0 amide bonds. The van der Waals surface area contributed by atoms with Crippen LogP contribution in [0.1, 0.15) is 49.1 Å². The number of hydrogen-bond donors (Lipinski definition) is 1. The third kappa shape index (κ3) is 2.50. The first-order valence-corrected chi connectivity index (χ1v) is 7.51. The van der Waals surface area contributed by atoms with Gasteiger partial charge in [-0.3, -0.25) is 0 Å². The van der Waals surface area contributed by atoms with Gasteiger partial charge in [-0.25, -0.2) is 8.42 Å². The number of nitrogens with two attached hydrogens (primary N) is 1. The summed E-state index contributed by atoms with van der Waals surface area (Å²) in [6.45, 7) is 2.29. The number of sulfone groups is 1. The molecule has 96 valence electrons. The van der Waals surface area contributed by atoms with E-state index >= 15 is 0 Å². The molecule has 7 heteroatoms. The van der Waals surface area contributed by atoms with Crippen LogP contribution in [0.15, 0.2) is 4.52 Å². The molecule has 6 nitrogen and oxygen atoms in total. The van der Waals surface area contributed by atoms with Crippen molar-refractivity contribution in [2.75, 3.05) is 12.3 Å². The highest BCUT2D eigenvalue weighted by atomic mass is 32.2. The highest BCUT2D eigenvalue weighted by Gasteiger charge is 2.34. The molecule has 2 atom stereocenters. The first-order valence-electron chi connectivity index (χ1n) is 5.79. The summed E-state index contributed by atoms with van der Waals surface area (Å²) >= 11 is 0. The van der Waals surface area contributed by atoms with E-state index in [0.29, 0.717) is 18.8 Å². The van der Waals surface area contributed by atoms with Crippen LogP contribution in [0, 0.1) is 0 Å². The van der Waals surface area contributed by atoms with E-state index in [2.05, 4.69) is 10.1 Å². The molecule has 0 spiro atoms. The summed E-state index contributed by atoms with van der Waals surface area (Å²) in [6, 6.07) is 0. The van der Waals surface area contributed by atoms with E-state index in [1.165, 1.54) is 0 Å². The van der Waals surface area contributed by atoms with Crippen LogP contribution in [0.4, 0.5) is 0 Å². The van der Waals surface area contributed by atoms with E-state index in [9.17, 15) is 8.42 Å². The highest BCUT2D eigenvalue weighted by molar-refractivity contribution is 7.91. The quantitative estimate of drug-likeness (QED) is 0.860. The summed E-state index contributed by atoms with van der Waals surface area (Å²) < 4.78 is 28.8. The summed E-state index contributed by atoms with van der Waals surface area (Å²) in [4.78, 5) is 4.16. The van der Waals surface area contributed by atoms with Gasteiger partial charge >= 0.3 is 0 Å². The Morgan fingerprint density at radius 1 is 1.53 bits per heavy atom. The summed E-state index contributed by atoms with van der Waals surface area (Å²) in [5.74, 6) is 0.907. The van der Waals surface area contributed by atoms with Gasteiger partial charge in [0.15, 0.2) is 15.7 Å². The maximum Gasteiger partial charge on any atom is 0.244 e. The van der Waals surface area contributed by atoms with Crippen molar-refractivity contribution in [2.24, 2.45) is 5.73 Å². The van der Waals surface area contributed by atoms with Crippen LogP contribution in [-0.4, -0.2) is 30.9 Å². The van der Waals surface area contributed by atoms with E-state index in [4.69, 9.17) is 10.3 Å². The van der Waals surface area contributed by atoms with Crippen LogP contribution in [0.5, 0.6) is 0 Å². The fourth-order valence-corrected chi connectivity index (χ4v) is 3.74. The lowest BCUT2D eigenvalue weighted by Gasteiger charge is -2.18. The molecule has 2 unspecified atom stereocenters. The summed E-state index contributed by atoms with van der Waals surface area (Å²) in [7, 11) is -3.12. The van der Waals surface area contributed by atoms with Crippen molar-refractivity contribution in [3.8, 4) is 0 Å². The topological polar surface area (TPSA) is 99.1 Å². The van der Waals surface area contributed by atoms with Gasteiger partial charge in [0.2, 0.25) is 5.89 Å². The average Bonchev–Trinajstić information content (AvgIpc) is 2.76. The molecule has 1 saturated heterocycles. The predicted molar refractivity (Wildman–Crippen MR) is 62.1 cm³/mol. The molecule has 1 aromatic rings. The lowest BCUT2D eigenvalue weighted by atomic mass is 10.1. The standard InChI is InChI=1S/C10H17N3O3S/c1-7(6-11)9-12-10(16-13-9)8-4-2-3-5-17(8,14)15/h7-8H,2-6,11H2,1H3. The van der Waals surface area contributed by atoms with E-state index in [-0.39, 0.29) is 17.6 Å². The summed E-state index contributed by atoms with van der Waals surface area (Å²) in [5, 5.41) is 3.17. The minimum absolute atomic E-state index is 0.0150. The van der Waals surface area contributed by atoms with Crippen LogP contribution in [0.25, 0.3) is 0 Å². The second kappa shape index (κ2) is 4.73. The maximum atomic E-state index is 11.9. The fourth-order valence-electron chi connectivity index (χ4n) is 1.92. The molecule has 1 aliphatic rings. The Hall–Kier alpha value is -0.950. The Kier molecular flexibility index (Phi) is 3.48. The minimum atomic E-state index is -3.12. The van der Waals surface area contributed by atoms with Gasteiger partial charge in [-0.1, -0.05) is 18.5 Å². The molecular weight excluding hydrogens is 242 g/mol. The molecule has 2 heterocycles. The van der Waals surface area contributed by atoms with Crippen molar-refractivity contribution in [3.05, 3.63) is 11.7 Å². The van der Waals surface area contributed by atoms with Gasteiger partial charge in [0, 0.05) is 12.5 Å². The van der Waals surface area contributed by atoms with Crippen molar-refractivity contribution < 1.29 is 12.9 Å². The maximum absolute atomic E-state index is 11.9. The molecule has 0 saturated carbocycles. The Morgan fingerprint density at radius 3 is 2.94 bits per heavy atom. The van der Waals surface area contributed by atoms with Crippen molar-refractivity contribution in [2.45, 2.75) is 37.4 Å². The lowest BCUT2D eigenvalue weighted by Crippen LogP contribution is -2.22. The van der Waals surface area contributed by atoms with E-state index in [0.717, 1.165) is 12.8 Å². The van der Waals surface area contributed by atoms with Crippen LogP contribution >= 0.6 is 0 Å². The number of nitrogens with zero attached hydrogens (tertiary/aromatic N) is 2. The van der Waals surface area contributed by atoms with Crippen LogP contribution < -0.4 is 5.73 Å². The van der Waals surface area contributed by atoms with Gasteiger partial charge in [-0.05, 0) is 12.8 Å². The molecule has 1 fully saturated rings. The molecule has 1 aliphatic heterocycles. The number of rotatable bonds is 3. The zero-order chi connectivity index (χ0) is 12.5. The van der Waals surface area contributed by atoms with Crippen LogP contribution in [-0.2, 0) is 9.84 Å². The zero-order valence-electron chi connectivity index (χ0n) is 9.80. The third-order valence-electron chi connectivity index (χ3n) is 3.11. The van der Waals surface area contributed by atoms with Gasteiger partial charge < -0.3 is 10.3 Å². The second-order valence-electron chi connectivity index (χ2n) is 4.48. The molecule has 0 radical (unpaired) electrons. The van der Waals surface area contributed by atoms with Crippen LogP contribution in [0.2, 0.25) is 0 Å². The van der Waals surface area contributed by atoms with E-state index in [1.54, 1.807) is 0 Å². The van der Waals surface area contributed by atoms with E-state index < -0.39 is 15.1 Å². The average molecular weight is 259 g/mol. The first kappa shape index (κ1) is 12.5. The summed E-state index contributed by atoms with van der Waals surface area (Å²) in [5.41, 5.74) is 5.51. The first-order chi connectivity index (χ1) is 8.04. The van der Waals surface area contributed by atoms with Crippen molar-refractivity contribution >= 4 is 9.84 Å². The smallest absolute Gasteiger partial charge is 0.244 e. The predicted octanol–water partition coefficient (Wildman–Crippen LogP) is 0.772. The molecular formula is C10H17N3O3S. The van der Waals surface area contributed by atoms with Crippen molar-refractivity contribution in [1.82, 2.24) is 10.1 Å². The van der Waals surface area contributed by atoms with Crippen molar-refractivity contribution in [3.63, 3.8) is 0 Å². The Balaban J connectivity index is 2.25. The minimum Gasteiger partial charge on any atom is -0.338 e. The number of aromatic nitrogens is 2. The molecule has 1 aromatic heterocycles. The normalized spacial score (nSPS) is 25.6. The van der Waals surface area contributed by atoms with Gasteiger partial charge in [0.05, 0.1) is 5.75 Å². The third-order valence-corrected chi connectivity index (χ3v) is 5.27. The second-order valence-corrected chi connectivity index (χ2v) is 6.78. The monoisotopic (exact) mass is 259 g/mol. The van der Waals surface area contributed by atoms with Gasteiger partial charge in [-0.15, -0.1) is 0 Å². The molecule has 0 aromatic carbocycles.